The van der Waals surface area contributed by atoms with Crippen LogP contribution in [0.4, 0.5) is 0 Å². The lowest BCUT2D eigenvalue weighted by Crippen LogP contribution is -2.02. The Bertz CT molecular complexity index is 487. The van der Waals surface area contributed by atoms with Gasteiger partial charge >= 0.3 is 0 Å². The van der Waals surface area contributed by atoms with E-state index in [0.29, 0.717) is 11.9 Å². The number of hydrogen-bond donors (Lipinski definition) is 0. The van der Waals surface area contributed by atoms with Crippen LogP contribution in [0.3, 0.4) is 0 Å². The highest BCUT2D eigenvalue weighted by Gasteiger charge is 2.26. The topological polar surface area (TPSA) is 43.6 Å². The molecular formula is C11H11BrN4. The highest BCUT2D eigenvalue weighted by molar-refractivity contribution is 9.08. The summed E-state index contributed by atoms with van der Waals surface area (Å²) < 4.78 is 1.74. The van der Waals surface area contributed by atoms with Gasteiger partial charge in [0.15, 0.2) is 0 Å². The van der Waals surface area contributed by atoms with E-state index in [1.165, 1.54) is 12.8 Å². The quantitative estimate of drug-likeness (QED) is 0.810. The minimum atomic E-state index is 0.636. The first-order valence-corrected chi connectivity index (χ1v) is 6.42. The Hall–Kier alpha value is -1.23. The first-order valence-electron chi connectivity index (χ1n) is 5.29. The Balaban J connectivity index is 1.88. The molecule has 1 saturated carbocycles. The van der Waals surface area contributed by atoms with Gasteiger partial charge in [0.25, 0.3) is 0 Å². The van der Waals surface area contributed by atoms with Crippen LogP contribution in [-0.4, -0.2) is 19.7 Å². The molecule has 3 rings (SSSR count). The molecule has 0 aliphatic heterocycles. The second kappa shape index (κ2) is 3.97. The van der Waals surface area contributed by atoms with Gasteiger partial charge in [-0.25, -0.2) is 14.6 Å². The minimum absolute atomic E-state index is 0.636. The van der Waals surface area contributed by atoms with Crippen molar-refractivity contribution in [3.63, 3.8) is 0 Å². The van der Waals surface area contributed by atoms with Gasteiger partial charge in [-0.05, 0) is 24.5 Å². The number of aromatic nitrogens is 4. The predicted octanol–water partition coefficient (Wildman–Crippen LogP) is 2.43. The summed E-state index contributed by atoms with van der Waals surface area (Å²) in [7, 11) is 0. The van der Waals surface area contributed by atoms with Crippen molar-refractivity contribution < 1.29 is 0 Å². The van der Waals surface area contributed by atoms with Crippen LogP contribution in [0.2, 0.25) is 0 Å². The molecule has 0 N–H and O–H groups in total. The summed E-state index contributed by atoms with van der Waals surface area (Å²) in [5, 5.41) is 5.26. The van der Waals surface area contributed by atoms with Gasteiger partial charge in [-0.1, -0.05) is 15.9 Å². The van der Waals surface area contributed by atoms with Gasteiger partial charge in [0, 0.05) is 29.8 Å². The molecule has 1 aliphatic rings. The smallest absolute Gasteiger partial charge is 0.219 e. The average molecular weight is 279 g/mol. The van der Waals surface area contributed by atoms with Gasteiger partial charge in [0.05, 0.1) is 5.69 Å². The summed E-state index contributed by atoms with van der Waals surface area (Å²) in [6, 6.07) is 2.05. The summed E-state index contributed by atoms with van der Waals surface area (Å²) >= 11 is 3.37. The summed E-state index contributed by atoms with van der Waals surface area (Å²) in [6.45, 7) is 0. The van der Waals surface area contributed by atoms with Crippen LogP contribution in [0.25, 0.3) is 5.95 Å². The van der Waals surface area contributed by atoms with E-state index >= 15 is 0 Å². The molecule has 0 atom stereocenters. The molecule has 16 heavy (non-hydrogen) atoms. The number of halogens is 1. The van der Waals surface area contributed by atoms with Crippen molar-refractivity contribution in [2.45, 2.75) is 24.1 Å². The summed E-state index contributed by atoms with van der Waals surface area (Å²) in [5.41, 5.74) is 2.23. The van der Waals surface area contributed by atoms with Gasteiger partial charge < -0.3 is 0 Å². The third-order valence-corrected chi connectivity index (χ3v) is 3.30. The molecular weight excluding hydrogens is 268 g/mol. The highest BCUT2D eigenvalue weighted by Crippen LogP contribution is 2.38. The van der Waals surface area contributed by atoms with Crippen LogP contribution in [0.15, 0.2) is 24.7 Å². The Morgan fingerprint density at radius 2 is 2.06 bits per heavy atom. The predicted molar refractivity (Wildman–Crippen MR) is 63.8 cm³/mol. The fourth-order valence-electron chi connectivity index (χ4n) is 1.58. The maximum Gasteiger partial charge on any atom is 0.250 e. The molecule has 1 fully saturated rings. The molecule has 4 nitrogen and oxygen atoms in total. The van der Waals surface area contributed by atoms with E-state index in [-0.39, 0.29) is 0 Å². The fourth-order valence-corrected chi connectivity index (χ4v) is 1.87. The third kappa shape index (κ3) is 1.87. The van der Waals surface area contributed by atoms with E-state index in [2.05, 4.69) is 37.1 Å². The number of rotatable bonds is 3. The van der Waals surface area contributed by atoms with Crippen LogP contribution >= 0.6 is 15.9 Å². The number of nitrogens with zero attached hydrogens (tertiary/aromatic N) is 4. The van der Waals surface area contributed by atoms with E-state index < -0.39 is 0 Å². The Morgan fingerprint density at radius 1 is 1.31 bits per heavy atom. The van der Waals surface area contributed by atoms with Gasteiger partial charge in [0.2, 0.25) is 5.95 Å². The van der Waals surface area contributed by atoms with Gasteiger partial charge in [-0.15, -0.1) is 0 Å². The number of hydrogen-bond acceptors (Lipinski definition) is 3. The fraction of sp³-hybridized carbons (Fsp3) is 0.364. The molecule has 0 radical (unpaired) electrons. The molecule has 0 spiro atoms. The molecule has 0 bridgehead atoms. The van der Waals surface area contributed by atoms with Crippen LogP contribution < -0.4 is 0 Å². The van der Waals surface area contributed by atoms with Crippen molar-refractivity contribution in [2.24, 2.45) is 0 Å². The van der Waals surface area contributed by atoms with E-state index in [4.69, 9.17) is 0 Å². The highest BCUT2D eigenvalue weighted by atomic mass is 79.9. The first kappa shape index (κ1) is 9.96. The maximum absolute atomic E-state index is 4.48. The van der Waals surface area contributed by atoms with Gasteiger partial charge in [-0.2, -0.15) is 5.10 Å². The monoisotopic (exact) mass is 278 g/mol. The van der Waals surface area contributed by atoms with Crippen molar-refractivity contribution in [3.05, 3.63) is 35.9 Å². The maximum atomic E-state index is 4.48. The lowest BCUT2D eigenvalue weighted by molar-refractivity contribution is 0.780. The van der Waals surface area contributed by atoms with Crippen molar-refractivity contribution in [3.8, 4) is 5.95 Å². The Kier molecular flexibility index (Phi) is 2.47. The second-order valence-electron chi connectivity index (χ2n) is 3.98. The van der Waals surface area contributed by atoms with E-state index in [1.54, 1.807) is 4.68 Å². The number of alkyl halides is 1. The largest absolute Gasteiger partial charge is 0.250 e. The summed E-state index contributed by atoms with van der Waals surface area (Å²) in [5.74, 6) is 1.31. The van der Waals surface area contributed by atoms with Crippen molar-refractivity contribution >= 4 is 15.9 Å². The zero-order chi connectivity index (χ0) is 11.0. The Labute approximate surface area is 102 Å². The molecule has 0 unspecified atom stereocenters. The minimum Gasteiger partial charge on any atom is -0.219 e. The van der Waals surface area contributed by atoms with Gasteiger partial charge in [-0.3, -0.25) is 0 Å². The molecule has 1 aliphatic carbocycles. The lowest BCUT2D eigenvalue weighted by Gasteiger charge is -1.99. The van der Waals surface area contributed by atoms with Crippen molar-refractivity contribution in [1.82, 2.24) is 19.7 Å². The molecule has 0 aromatic carbocycles. The molecule has 82 valence electrons. The average Bonchev–Trinajstić information content (AvgIpc) is 3.08. The van der Waals surface area contributed by atoms with Crippen molar-refractivity contribution in [2.75, 3.05) is 0 Å². The van der Waals surface area contributed by atoms with E-state index in [9.17, 15) is 0 Å². The SMILES string of the molecule is BrCc1cnc(-n2ccc(C3CC3)n2)nc1. The van der Waals surface area contributed by atoms with E-state index in [0.717, 1.165) is 16.6 Å². The molecule has 0 amide bonds. The first-order chi connectivity index (χ1) is 7.86. The molecule has 2 aromatic heterocycles. The zero-order valence-electron chi connectivity index (χ0n) is 8.67. The Morgan fingerprint density at radius 3 is 2.69 bits per heavy atom. The van der Waals surface area contributed by atoms with Crippen molar-refractivity contribution in [1.29, 1.82) is 0 Å². The standard InChI is InChI=1S/C11H11BrN4/c12-5-8-6-13-11(14-7-8)16-4-3-10(15-16)9-1-2-9/h3-4,6-7,9H,1-2,5H2. The van der Waals surface area contributed by atoms with E-state index in [1.807, 2.05) is 18.6 Å². The van der Waals surface area contributed by atoms with Crippen LogP contribution in [0.5, 0.6) is 0 Å². The normalized spacial score (nSPS) is 15.3. The van der Waals surface area contributed by atoms with Crippen LogP contribution in [0.1, 0.15) is 30.0 Å². The van der Waals surface area contributed by atoms with Crippen LogP contribution in [-0.2, 0) is 5.33 Å². The second-order valence-corrected chi connectivity index (χ2v) is 4.55. The summed E-state index contributed by atoms with van der Waals surface area (Å²) in [6.07, 6.45) is 8.09. The third-order valence-electron chi connectivity index (χ3n) is 2.66. The molecule has 2 heterocycles. The van der Waals surface area contributed by atoms with Gasteiger partial charge in [0.1, 0.15) is 0 Å². The molecule has 0 saturated heterocycles. The molecule has 2 aromatic rings. The lowest BCUT2D eigenvalue weighted by atomic mass is 10.3. The summed E-state index contributed by atoms with van der Waals surface area (Å²) in [4.78, 5) is 8.54. The zero-order valence-corrected chi connectivity index (χ0v) is 10.3. The van der Waals surface area contributed by atoms with Crippen LogP contribution in [0, 0.1) is 0 Å². The molecule has 5 heteroatoms.